The number of nitrogens with two attached hydrogens (primary N) is 1. The first kappa shape index (κ1) is 13.8. The van der Waals surface area contributed by atoms with Gasteiger partial charge in [0.1, 0.15) is 0 Å². The quantitative estimate of drug-likeness (QED) is 0.784. The van der Waals surface area contributed by atoms with Gasteiger partial charge in [-0.1, -0.05) is 54.6 Å². The van der Waals surface area contributed by atoms with Gasteiger partial charge in [0.15, 0.2) is 0 Å². The van der Waals surface area contributed by atoms with Gasteiger partial charge in [0.05, 0.1) is 17.6 Å². The summed E-state index contributed by atoms with van der Waals surface area (Å²) in [6.07, 6.45) is 5.10. The van der Waals surface area contributed by atoms with E-state index in [0.29, 0.717) is 5.95 Å². The second-order valence-electron chi connectivity index (χ2n) is 5.75. The van der Waals surface area contributed by atoms with E-state index in [-0.39, 0.29) is 0 Å². The third-order valence-corrected chi connectivity index (χ3v) is 4.20. The zero-order valence-electron chi connectivity index (χ0n) is 12.8. The number of nitrogen functional groups attached to an aromatic ring is 1. The van der Waals surface area contributed by atoms with Crippen molar-refractivity contribution >= 4 is 11.7 Å². The molecule has 4 heteroatoms. The van der Waals surface area contributed by atoms with Gasteiger partial charge < -0.3 is 5.73 Å². The fourth-order valence-corrected chi connectivity index (χ4v) is 3.05. The van der Waals surface area contributed by atoms with Crippen molar-refractivity contribution in [2.75, 3.05) is 5.73 Å². The number of benzene rings is 2. The molecule has 0 aliphatic heterocycles. The third kappa shape index (κ3) is 2.63. The van der Waals surface area contributed by atoms with Crippen molar-refractivity contribution in [1.29, 1.82) is 0 Å². The Morgan fingerprint density at radius 1 is 0.957 bits per heavy atom. The molecule has 0 fully saturated rings. The lowest BCUT2D eigenvalue weighted by Gasteiger charge is -2.17. The first-order valence-electron chi connectivity index (χ1n) is 7.88. The van der Waals surface area contributed by atoms with Crippen LogP contribution in [0.25, 0.3) is 11.3 Å². The number of rotatable bonds is 2. The van der Waals surface area contributed by atoms with Crippen molar-refractivity contribution < 1.29 is 0 Å². The molecule has 2 N–H and O–H groups in total. The van der Waals surface area contributed by atoms with Gasteiger partial charge >= 0.3 is 0 Å². The molecular formula is C19H18N4. The number of hydrogen-bond donors (Lipinski definition) is 1. The second-order valence-corrected chi connectivity index (χ2v) is 5.75. The molecule has 4 rings (SSSR count). The minimum atomic E-state index is 0.416. The van der Waals surface area contributed by atoms with Crippen molar-refractivity contribution in [3.63, 3.8) is 0 Å². The summed E-state index contributed by atoms with van der Waals surface area (Å²) in [7, 11) is 0. The van der Waals surface area contributed by atoms with E-state index in [4.69, 9.17) is 10.8 Å². The molecule has 0 bridgehead atoms. The lowest BCUT2D eigenvalue weighted by molar-refractivity contribution is 0.810. The molecule has 0 spiro atoms. The Balaban J connectivity index is 1.74. The lowest BCUT2D eigenvalue weighted by atomic mass is 9.90. The number of anilines is 1. The molecule has 0 saturated heterocycles. The van der Waals surface area contributed by atoms with Crippen LogP contribution in [-0.4, -0.2) is 15.4 Å². The highest BCUT2D eigenvalue weighted by Gasteiger charge is 2.16. The summed E-state index contributed by atoms with van der Waals surface area (Å²) >= 11 is 0. The van der Waals surface area contributed by atoms with E-state index < -0.39 is 0 Å². The predicted octanol–water partition coefficient (Wildman–Crippen LogP) is 3.72. The predicted molar refractivity (Wildman–Crippen MR) is 93.4 cm³/mol. The molecule has 0 atom stereocenters. The molecule has 1 aliphatic rings. The Labute approximate surface area is 135 Å². The van der Waals surface area contributed by atoms with Gasteiger partial charge in [-0.15, -0.1) is 0 Å². The van der Waals surface area contributed by atoms with Gasteiger partial charge in [0.2, 0.25) is 5.95 Å². The van der Waals surface area contributed by atoms with Crippen LogP contribution in [-0.2, 0) is 6.42 Å². The minimum absolute atomic E-state index is 0.416. The first-order chi connectivity index (χ1) is 11.3. The van der Waals surface area contributed by atoms with Gasteiger partial charge in [0, 0.05) is 11.1 Å². The minimum Gasteiger partial charge on any atom is -0.368 e. The Hall–Kier alpha value is -2.88. The normalized spacial score (nSPS) is 15.6. The summed E-state index contributed by atoms with van der Waals surface area (Å²) in [5.41, 5.74) is 11.6. The molecular weight excluding hydrogens is 284 g/mol. The number of fused-ring (bicyclic) bond motifs is 1. The van der Waals surface area contributed by atoms with Gasteiger partial charge in [-0.2, -0.15) is 5.10 Å². The summed E-state index contributed by atoms with van der Waals surface area (Å²) < 4.78 is 1.69. The summed E-state index contributed by atoms with van der Waals surface area (Å²) in [6, 6.07) is 18.5. The van der Waals surface area contributed by atoms with Crippen molar-refractivity contribution in [1.82, 2.24) is 9.66 Å². The standard InChI is InChI=1S/C19H18N4/c20-19-21-18(15-8-2-1-3-9-15)13-23(19)22-17-12-6-10-14-7-4-5-11-16(14)17/h1-5,7-9,11,13H,6,10,12H2,(H2,20,21)/b22-17+. The zero-order valence-corrected chi connectivity index (χ0v) is 12.8. The van der Waals surface area contributed by atoms with Crippen LogP contribution < -0.4 is 5.73 Å². The van der Waals surface area contributed by atoms with Crippen LogP contribution in [0.15, 0.2) is 65.9 Å². The average Bonchev–Trinajstić information content (AvgIpc) is 2.97. The second kappa shape index (κ2) is 5.72. The number of hydrogen-bond acceptors (Lipinski definition) is 3. The molecule has 23 heavy (non-hydrogen) atoms. The van der Waals surface area contributed by atoms with Crippen molar-refractivity contribution in [2.45, 2.75) is 19.3 Å². The van der Waals surface area contributed by atoms with Crippen LogP contribution in [0.5, 0.6) is 0 Å². The third-order valence-electron chi connectivity index (χ3n) is 4.20. The van der Waals surface area contributed by atoms with Crippen LogP contribution in [0.4, 0.5) is 5.95 Å². The Morgan fingerprint density at radius 3 is 2.61 bits per heavy atom. The molecule has 0 radical (unpaired) electrons. The summed E-state index contributed by atoms with van der Waals surface area (Å²) in [6.45, 7) is 0. The molecule has 1 heterocycles. The molecule has 114 valence electrons. The highest BCUT2D eigenvalue weighted by molar-refractivity contribution is 6.02. The summed E-state index contributed by atoms with van der Waals surface area (Å²) in [5, 5.41) is 4.75. The van der Waals surface area contributed by atoms with E-state index in [1.165, 1.54) is 11.1 Å². The van der Waals surface area contributed by atoms with Gasteiger partial charge in [-0.25, -0.2) is 9.66 Å². The maximum Gasteiger partial charge on any atom is 0.221 e. The summed E-state index contributed by atoms with van der Waals surface area (Å²) in [5.74, 6) is 0.416. The summed E-state index contributed by atoms with van der Waals surface area (Å²) in [4.78, 5) is 4.44. The molecule has 4 nitrogen and oxygen atoms in total. The number of aryl methyl sites for hydroxylation is 1. The van der Waals surface area contributed by atoms with E-state index in [1.807, 2.05) is 36.5 Å². The van der Waals surface area contributed by atoms with Gasteiger partial charge in [-0.3, -0.25) is 0 Å². The Morgan fingerprint density at radius 2 is 1.74 bits per heavy atom. The number of nitrogens with zero attached hydrogens (tertiary/aromatic N) is 3. The maximum atomic E-state index is 6.06. The monoisotopic (exact) mass is 302 g/mol. The van der Waals surface area contributed by atoms with Gasteiger partial charge in [0.25, 0.3) is 0 Å². The SMILES string of the molecule is Nc1nc(-c2ccccc2)cn1/N=C1\CCCc2ccccc21. The highest BCUT2D eigenvalue weighted by atomic mass is 15.4. The van der Waals surface area contributed by atoms with E-state index in [1.54, 1.807) is 4.68 Å². The van der Waals surface area contributed by atoms with Gasteiger partial charge in [-0.05, 0) is 24.8 Å². The number of imidazole rings is 1. The number of aromatic nitrogens is 2. The smallest absolute Gasteiger partial charge is 0.221 e. The fraction of sp³-hybridized carbons (Fsp3) is 0.158. The van der Waals surface area contributed by atoms with Crippen molar-refractivity contribution in [2.24, 2.45) is 5.10 Å². The maximum absolute atomic E-state index is 6.06. The zero-order chi connectivity index (χ0) is 15.6. The fourth-order valence-electron chi connectivity index (χ4n) is 3.05. The molecule has 1 aliphatic carbocycles. The van der Waals surface area contributed by atoms with Crippen molar-refractivity contribution in [3.05, 3.63) is 71.9 Å². The van der Waals surface area contributed by atoms with Crippen LogP contribution >= 0.6 is 0 Å². The van der Waals surface area contributed by atoms with Crippen LogP contribution in [0.1, 0.15) is 24.0 Å². The molecule has 0 unspecified atom stereocenters. The van der Waals surface area contributed by atoms with Crippen molar-refractivity contribution in [3.8, 4) is 11.3 Å². The van der Waals surface area contributed by atoms with Crippen LogP contribution in [0.3, 0.4) is 0 Å². The largest absolute Gasteiger partial charge is 0.368 e. The molecule has 0 saturated carbocycles. The van der Waals surface area contributed by atoms with E-state index in [2.05, 4.69) is 29.2 Å². The molecule has 1 aromatic heterocycles. The van der Waals surface area contributed by atoms with E-state index in [9.17, 15) is 0 Å². The molecule has 2 aromatic carbocycles. The van der Waals surface area contributed by atoms with E-state index in [0.717, 1.165) is 36.2 Å². The Bertz CT molecular complexity index is 862. The highest BCUT2D eigenvalue weighted by Crippen LogP contribution is 2.23. The molecule has 3 aromatic rings. The van der Waals surface area contributed by atoms with Crippen LogP contribution in [0.2, 0.25) is 0 Å². The first-order valence-corrected chi connectivity index (χ1v) is 7.88. The average molecular weight is 302 g/mol. The lowest BCUT2D eigenvalue weighted by Crippen LogP contribution is -2.13. The topological polar surface area (TPSA) is 56.2 Å². The Kier molecular flexibility index (Phi) is 3.42. The van der Waals surface area contributed by atoms with Crippen LogP contribution in [0, 0.1) is 0 Å². The van der Waals surface area contributed by atoms with E-state index >= 15 is 0 Å². The molecule has 0 amide bonds.